The topological polar surface area (TPSA) is 47.0 Å². The van der Waals surface area contributed by atoms with Gasteiger partial charge in [0, 0.05) is 25.6 Å². The molecule has 1 N–H and O–H groups in total. The van der Waals surface area contributed by atoms with Crippen LogP contribution in [0.25, 0.3) is 0 Å². The number of benzene rings is 1. The Hall–Kier alpha value is -1.94. The van der Waals surface area contributed by atoms with Gasteiger partial charge in [0.25, 0.3) is 0 Å². The second kappa shape index (κ2) is 5.59. The fourth-order valence-electron chi connectivity index (χ4n) is 2.66. The number of anilines is 1. The van der Waals surface area contributed by atoms with Crippen LogP contribution in [0, 0.1) is 0 Å². The van der Waals surface area contributed by atoms with Crippen LogP contribution in [0.1, 0.15) is 35.5 Å². The lowest BCUT2D eigenvalue weighted by Crippen LogP contribution is -2.21. The first-order chi connectivity index (χ1) is 9.81. The minimum Gasteiger partial charge on any atom is -0.378 e. The van der Waals surface area contributed by atoms with E-state index in [4.69, 9.17) is 4.74 Å². The van der Waals surface area contributed by atoms with Gasteiger partial charge in [-0.3, -0.25) is 0 Å². The molecule has 1 aliphatic carbocycles. The second-order valence-electron chi connectivity index (χ2n) is 5.02. The monoisotopic (exact) mass is 269 g/mol. The molecule has 4 nitrogen and oxygen atoms in total. The molecule has 0 radical (unpaired) electrons. The van der Waals surface area contributed by atoms with E-state index in [1.54, 1.807) is 7.11 Å². The Morgan fingerprint density at radius 2 is 2.15 bits per heavy atom. The highest BCUT2D eigenvalue weighted by Crippen LogP contribution is 2.38. The van der Waals surface area contributed by atoms with E-state index in [0.29, 0.717) is 12.5 Å². The summed E-state index contributed by atoms with van der Waals surface area (Å²) in [5, 5.41) is 3.27. The van der Waals surface area contributed by atoms with E-state index in [2.05, 4.69) is 46.5 Å². The Morgan fingerprint density at radius 1 is 1.30 bits per heavy atom. The van der Waals surface area contributed by atoms with Gasteiger partial charge in [0.2, 0.25) is 0 Å². The van der Waals surface area contributed by atoms with Gasteiger partial charge in [0.1, 0.15) is 11.6 Å². The Labute approximate surface area is 119 Å². The van der Waals surface area contributed by atoms with Crippen molar-refractivity contribution in [1.29, 1.82) is 0 Å². The van der Waals surface area contributed by atoms with Crippen molar-refractivity contribution in [2.45, 2.75) is 25.9 Å². The molecule has 0 bridgehead atoms. The number of methoxy groups -OCH3 is 1. The Kier molecular flexibility index (Phi) is 3.65. The number of fused-ring (bicyclic) bond motifs is 1. The first kappa shape index (κ1) is 13.1. The predicted molar refractivity (Wildman–Crippen MR) is 78.9 cm³/mol. The van der Waals surface area contributed by atoms with Gasteiger partial charge < -0.3 is 10.1 Å². The van der Waals surface area contributed by atoms with Gasteiger partial charge in [0.05, 0.1) is 12.3 Å². The minimum atomic E-state index is 0.320. The normalized spacial score (nSPS) is 16.4. The van der Waals surface area contributed by atoms with Gasteiger partial charge in [-0.1, -0.05) is 24.3 Å². The molecule has 0 saturated heterocycles. The number of aromatic nitrogens is 2. The smallest absolute Gasteiger partial charge is 0.138 e. The Bertz CT molecular complexity index is 588. The van der Waals surface area contributed by atoms with Crippen LogP contribution in [0.3, 0.4) is 0 Å². The molecular weight excluding hydrogens is 250 g/mol. The van der Waals surface area contributed by atoms with Crippen LogP contribution in [0.5, 0.6) is 0 Å². The quantitative estimate of drug-likeness (QED) is 0.906. The first-order valence-electron chi connectivity index (χ1n) is 7.00. The fourth-order valence-corrected chi connectivity index (χ4v) is 2.66. The third-order valence-electron chi connectivity index (χ3n) is 3.61. The maximum Gasteiger partial charge on any atom is 0.138 e. The molecule has 4 heteroatoms. The average Bonchev–Trinajstić information content (AvgIpc) is 2.41. The molecule has 1 aromatic carbocycles. The molecular formula is C16H19N3O. The van der Waals surface area contributed by atoms with Crippen LogP contribution in [0.2, 0.25) is 0 Å². The van der Waals surface area contributed by atoms with Crippen LogP contribution in [0.4, 0.5) is 5.82 Å². The molecule has 1 atom stereocenters. The molecule has 104 valence electrons. The zero-order chi connectivity index (χ0) is 13.9. The number of ether oxygens (including phenoxy) is 1. The maximum atomic E-state index is 5.20. The molecule has 2 aromatic rings. The average molecular weight is 269 g/mol. The van der Waals surface area contributed by atoms with Gasteiger partial charge >= 0.3 is 0 Å². The lowest BCUT2D eigenvalue weighted by Gasteiger charge is -2.29. The SMILES string of the molecule is CCNc1cc(COC)nc(C2Cc3ccccc32)n1. The van der Waals surface area contributed by atoms with Gasteiger partial charge in [0.15, 0.2) is 0 Å². The van der Waals surface area contributed by atoms with Crippen molar-refractivity contribution in [2.75, 3.05) is 19.0 Å². The molecule has 1 aliphatic rings. The van der Waals surface area contributed by atoms with Crippen molar-refractivity contribution in [3.05, 3.63) is 53.0 Å². The number of nitrogens with one attached hydrogen (secondary N) is 1. The van der Waals surface area contributed by atoms with Crippen LogP contribution in [0.15, 0.2) is 30.3 Å². The first-order valence-corrected chi connectivity index (χ1v) is 7.00. The van der Waals surface area contributed by atoms with E-state index in [1.165, 1.54) is 11.1 Å². The zero-order valence-electron chi connectivity index (χ0n) is 11.9. The molecule has 3 rings (SSSR count). The number of hydrogen-bond acceptors (Lipinski definition) is 4. The molecule has 1 aromatic heterocycles. The van der Waals surface area contributed by atoms with Crippen molar-refractivity contribution >= 4 is 5.82 Å². The lowest BCUT2D eigenvalue weighted by molar-refractivity contribution is 0.181. The van der Waals surface area contributed by atoms with E-state index in [-0.39, 0.29) is 0 Å². The summed E-state index contributed by atoms with van der Waals surface area (Å²) in [6, 6.07) is 10.5. The second-order valence-corrected chi connectivity index (χ2v) is 5.02. The number of nitrogens with zero attached hydrogens (tertiary/aromatic N) is 2. The summed E-state index contributed by atoms with van der Waals surface area (Å²) in [7, 11) is 1.69. The molecule has 20 heavy (non-hydrogen) atoms. The Morgan fingerprint density at radius 3 is 2.90 bits per heavy atom. The minimum absolute atomic E-state index is 0.320. The standard InChI is InChI=1S/C16H19N3O/c1-3-17-15-9-12(10-20-2)18-16(19-15)14-8-11-6-4-5-7-13(11)14/h4-7,9,14H,3,8,10H2,1-2H3,(H,17,18,19). The molecule has 0 amide bonds. The summed E-state index contributed by atoms with van der Waals surface area (Å²) in [5.74, 6) is 2.10. The van der Waals surface area contributed by atoms with Crippen LogP contribution in [-0.4, -0.2) is 23.6 Å². The highest BCUT2D eigenvalue weighted by Gasteiger charge is 2.29. The van der Waals surface area contributed by atoms with Gasteiger partial charge in [-0.15, -0.1) is 0 Å². The predicted octanol–water partition coefficient (Wildman–Crippen LogP) is 2.74. The summed E-state index contributed by atoms with van der Waals surface area (Å²) in [5.41, 5.74) is 3.69. The van der Waals surface area contributed by atoms with Crippen LogP contribution in [-0.2, 0) is 17.8 Å². The molecule has 1 heterocycles. The molecule has 0 saturated carbocycles. The van der Waals surface area contributed by atoms with Crippen molar-refractivity contribution in [2.24, 2.45) is 0 Å². The number of hydrogen-bond donors (Lipinski definition) is 1. The summed E-state index contributed by atoms with van der Waals surface area (Å²) < 4.78 is 5.20. The zero-order valence-corrected chi connectivity index (χ0v) is 11.9. The summed E-state index contributed by atoms with van der Waals surface area (Å²) >= 11 is 0. The van der Waals surface area contributed by atoms with Gasteiger partial charge in [-0.05, 0) is 24.5 Å². The molecule has 1 unspecified atom stereocenters. The number of rotatable bonds is 5. The van der Waals surface area contributed by atoms with Crippen molar-refractivity contribution in [3.63, 3.8) is 0 Å². The molecule has 0 fully saturated rings. The molecule has 0 spiro atoms. The van der Waals surface area contributed by atoms with Crippen LogP contribution >= 0.6 is 0 Å². The van der Waals surface area contributed by atoms with E-state index < -0.39 is 0 Å². The largest absolute Gasteiger partial charge is 0.378 e. The summed E-state index contributed by atoms with van der Waals surface area (Å²) in [6.45, 7) is 3.43. The van der Waals surface area contributed by atoms with Crippen LogP contribution < -0.4 is 5.32 Å². The Balaban J connectivity index is 1.93. The lowest BCUT2D eigenvalue weighted by atomic mass is 9.77. The third-order valence-corrected chi connectivity index (χ3v) is 3.61. The fraction of sp³-hybridized carbons (Fsp3) is 0.375. The van der Waals surface area contributed by atoms with E-state index >= 15 is 0 Å². The summed E-state index contributed by atoms with van der Waals surface area (Å²) in [4.78, 5) is 9.30. The third kappa shape index (κ3) is 2.39. The van der Waals surface area contributed by atoms with E-state index in [0.717, 1.165) is 30.3 Å². The highest BCUT2D eigenvalue weighted by atomic mass is 16.5. The van der Waals surface area contributed by atoms with E-state index in [9.17, 15) is 0 Å². The van der Waals surface area contributed by atoms with Gasteiger partial charge in [-0.25, -0.2) is 9.97 Å². The van der Waals surface area contributed by atoms with Crippen molar-refractivity contribution < 1.29 is 4.74 Å². The van der Waals surface area contributed by atoms with E-state index in [1.807, 2.05) is 6.07 Å². The highest BCUT2D eigenvalue weighted by molar-refractivity contribution is 5.46. The molecule has 0 aliphatic heterocycles. The summed E-state index contributed by atoms with van der Waals surface area (Å²) in [6.07, 6.45) is 1.03. The van der Waals surface area contributed by atoms with Crippen molar-refractivity contribution in [3.8, 4) is 0 Å². The van der Waals surface area contributed by atoms with Gasteiger partial charge in [-0.2, -0.15) is 0 Å². The maximum absolute atomic E-state index is 5.20. The van der Waals surface area contributed by atoms with Crippen molar-refractivity contribution in [1.82, 2.24) is 9.97 Å².